The van der Waals surface area contributed by atoms with E-state index in [0.29, 0.717) is 5.56 Å². The van der Waals surface area contributed by atoms with E-state index in [-0.39, 0.29) is 11.3 Å². The molecule has 0 spiro atoms. The van der Waals surface area contributed by atoms with Gasteiger partial charge >= 0.3 is 0 Å². The molecule has 0 bridgehead atoms. The zero-order valence-corrected chi connectivity index (χ0v) is 11.4. The van der Waals surface area contributed by atoms with Gasteiger partial charge in [0.1, 0.15) is 0 Å². The number of nitrogens with zero attached hydrogens (tertiary/aromatic N) is 2. The zero-order chi connectivity index (χ0) is 15.9. The van der Waals surface area contributed by atoms with Crippen LogP contribution in [0.1, 0.15) is 17.2 Å². The van der Waals surface area contributed by atoms with E-state index in [2.05, 4.69) is 10.5 Å². The van der Waals surface area contributed by atoms with E-state index < -0.39 is 16.9 Å². The van der Waals surface area contributed by atoms with Crippen molar-refractivity contribution in [1.82, 2.24) is 5.43 Å². The summed E-state index contributed by atoms with van der Waals surface area (Å²) in [5.41, 5.74) is 2.72. The molecule has 0 saturated heterocycles. The van der Waals surface area contributed by atoms with Crippen LogP contribution in [0.3, 0.4) is 0 Å². The van der Waals surface area contributed by atoms with Crippen LogP contribution in [0, 0.1) is 10.1 Å². The van der Waals surface area contributed by atoms with Crippen LogP contribution in [-0.2, 0) is 4.79 Å². The number of nitro benzene ring substituents is 1. The summed E-state index contributed by atoms with van der Waals surface area (Å²) in [6, 6.07) is 14.4. The van der Waals surface area contributed by atoms with Gasteiger partial charge < -0.3 is 5.11 Å². The number of hydrazone groups is 1. The molecule has 2 N–H and O–H groups in total. The summed E-state index contributed by atoms with van der Waals surface area (Å²) in [6.07, 6.45) is -0.197. The third-order valence-corrected chi connectivity index (χ3v) is 2.88. The Morgan fingerprint density at radius 2 is 1.82 bits per heavy atom. The lowest BCUT2D eigenvalue weighted by Crippen LogP contribution is -2.25. The maximum absolute atomic E-state index is 11.7. The summed E-state index contributed by atoms with van der Waals surface area (Å²) < 4.78 is 0. The Morgan fingerprint density at radius 1 is 1.18 bits per heavy atom. The molecular weight excluding hydrogens is 286 g/mol. The summed E-state index contributed by atoms with van der Waals surface area (Å²) >= 11 is 0. The van der Waals surface area contributed by atoms with Crippen LogP contribution in [0.2, 0.25) is 0 Å². The van der Waals surface area contributed by atoms with Crippen molar-refractivity contribution >= 4 is 17.8 Å². The molecule has 1 amide bonds. The Kier molecular flexibility index (Phi) is 4.94. The number of para-hydroxylation sites is 1. The van der Waals surface area contributed by atoms with Crippen molar-refractivity contribution in [1.29, 1.82) is 0 Å². The molecule has 112 valence electrons. The first-order valence-electron chi connectivity index (χ1n) is 6.39. The van der Waals surface area contributed by atoms with Gasteiger partial charge in [0.2, 0.25) is 0 Å². The molecular formula is C15H13N3O4. The Labute approximate surface area is 126 Å². The fraction of sp³-hybridized carbons (Fsp3) is 0.0667. The van der Waals surface area contributed by atoms with Gasteiger partial charge in [-0.25, -0.2) is 5.43 Å². The maximum atomic E-state index is 11.7. The van der Waals surface area contributed by atoms with Gasteiger partial charge in [0.15, 0.2) is 6.10 Å². The van der Waals surface area contributed by atoms with Crippen molar-refractivity contribution in [2.75, 3.05) is 0 Å². The second-order valence-electron chi connectivity index (χ2n) is 4.36. The van der Waals surface area contributed by atoms with Crippen molar-refractivity contribution in [2.24, 2.45) is 5.10 Å². The highest BCUT2D eigenvalue weighted by Crippen LogP contribution is 2.15. The third kappa shape index (κ3) is 3.74. The van der Waals surface area contributed by atoms with E-state index in [9.17, 15) is 20.0 Å². The molecule has 1 atom stereocenters. The second-order valence-corrected chi connectivity index (χ2v) is 4.36. The number of benzene rings is 2. The molecule has 0 fully saturated rings. The summed E-state index contributed by atoms with van der Waals surface area (Å²) in [5, 5.41) is 24.3. The minimum atomic E-state index is -1.36. The molecule has 22 heavy (non-hydrogen) atoms. The first kappa shape index (κ1) is 15.3. The van der Waals surface area contributed by atoms with Crippen molar-refractivity contribution < 1.29 is 14.8 Å². The molecule has 0 aliphatic rings. The fourth-order valence-corrected chi connectivity index (χ4v) is 1.78. The molecule has 0 radical (unpaired) electrons. The highest BCUT2D eigenvalue weighted by Gasteiger charge is 2.16. The van der Waals surface area contributed by atoms with Crippen molar-refractivity contribution in [3.8, 4) is 0 Å². The van der Waals surface area contributed by atoms with E-state index in [1.165, 1.54) is 18.2 Å². The summed E-state index contributed by atoms with van der Waals surface area (Å²) in [5.74, 6) is -0.721. The number of aliphatic hydroxyl groups is 1. The van der Waals surface area contributed by atoms with Gasteiger partial charge in [-0.05, 0) is 11.6 Å². The second kappa shape index (κ2) is 7.09. The Bertz CT molecular complexity index is 701. The smallest absolute Gasteiger partial charge is 0.278 e. The molecule has 2 rings (SSSR count). The van der Waals surface area contributed by atoms with Crippen molar-refractivity contribution in [3.63, 3.8) is 0 Å². The minimum Gasteiger partial charge on any atom is -0.378 e. The number of aliphatic hydroxyl groups excluding tert-OH is 1. The number of nitrogens with one attached hydrogen (secondary N) is 1. The lowest BCUT2D eigenvalue weighted by Gasteiger charge is -2.08. The SMILES string of the molecule is O=C(N/N=C\c1ccccc1[N+](=O)[O-])[C@@H](O)c1ccccc1. The molecule has 7 heteroatoms. The van der Waals surface area contributed by atoms with Crippen LogP contribution in [0.25, 0.3) is 0 Å². The molecule has 7 nitrogen and oxygen atoms in total. The Hall–Kier alpha value is -3.06. The van der Waals surface area contributed by atoms with E-state index in [4.69, 9.17) is 0 Å². The summed E-state index contributed by atoms with van der Waals surface area (Å²) in [7, 11) is 0. The van der Waals surface area contributed by atoms with Gasteiger partial charge in [-0.3, -0.25) is 14.9 Å². The Balaban J connectivity index is 2.04. The molecule has 0 heterocycles. The standard InChI is InChI=1S/C15H13N3O4/c19-14(11-6-2-1-3-7-11)15(20)17-16-10-12-8-4-5-9-13(12)18(21)22/h1-10,14,19H,(H,17,20)/b16-10-/t14-/m0/s1. The summed E-state index contributed by atoms with van der Waals surface area (Å²) in [6.45, 7) is 0. The van der Waals surface area contributed by atoms with Crippen LogP contribution in [0.5, 0.6) is 0 Å². The predicted octanol–water partition coefficient (Wildman–Crippen LogP) is 1.78. The van der Waals surface area contributed by atoms with Gasteiger partial charge in [0.05, 0.1) is 16.7 Å². The van der Waals surface area contributed by atoms with Crippen LogP contribution < -0.4 is 5.43 Å². The average molecular weight is 299 g/mol. The van der Waals surface area contributed by atoms with Gasteiger partial charge in [-0.2, -0.15) is 5.10 Å². The molecule has 0 aliphatic carbocycles. The van der Waals surface area contributed by atoms with Gasteiger partial charge in [0.25, 0.3) is 11.6 Å². The fourth-order valence-electron chi connectivity index (χ4n) is 1.78. The first-order valence-corrected chi connectivity index (χ1v) is 6.39. The van der Waals surface area contributed by atoms with Crippen molar-refractivity contribution in [2.45, 2.75) is 6.10 Å². The third-order valence-electron chi connectivity index (χ3n) is 2.88. The molecule has 2 aromatic carbocycles. The normalized spacial score (nSPS) is 12.0. The number of hydrogen-bond acceptors (Lipinski definition) is 5. The molecule has 0 unspecified atom stereocenters. The number of hydrogen-bond donors (Lipinski definition) is 2. The van der Waals surface area contributed by atoms with E-state index in [0.717, 1.165) is 6.21 Å². The number of amides is 1. The topological polar surface area (TPSA) is 105 Å². The van der Waals surface area contributed by atoms with Crippen LogP contribution in [-0.4, -0.2) is 22.2 Å². The molecule has 0 saturated carbocycles. The highest BCUT2D eigenvalue weighted by molar-refractivity contribution is 5.87. The highest BCUT2D eigenvalue weighted by atomic mass is 16.6. The zero-order valence-electron chi connectivity index (χ0n) is 11.4. The minimum absolute atomic E-state index is 0.121. The maximum Gasteiger partial charge on any atom is 0.278 e. The number of nitro groups is 1. The lowest BCUT2D eigenvalue weighted by atomic mass is 10.1. The largest absolute Gasteiger partial charge is 0.378 e. The van der Waals surface area contributed by atoms with Crippen molar-refractivity contribution in [3.05, 3.63) is 75.8 Å². The van der Waals surface area contributed by atoms with E-state index >= 15 is 0 Å². The number of rotatable bonds is 5. The number of carbonyl (C=O) groups is 1. The molecule has 0 aromatic heterocycles. The van der Waals surface area contributed by atoms with Crippen LogP contribution in [0.4, 0.5) is 5.69 Å². The van der Waals surface area contributed by atoms with Gasteiger partial charge in [-0.15, -0.1) is 0 Å². The Morgan fingerprint density at radius 3 is 2.50 bits per heavy atom. The summed E-state index contributed by atoms with van der Waals surface area (Å²) in [4.78, 5) is 22.0. The quantitative estimate of drug-likeness (QED) is 0.498. The van der Waals surface area contributed by atoms with Gasteiger partial charge in [0, 0.05) is 6.07 Å². The van der Waals surface area contributed by atoms with E-state index in [1.54, 1.807) is 36.4 Å². The lowest BCUT2D eigenvalue weighted by molar-refractivity contribution is -0.385. The van der Waals surface area contributed by atoms with Gasteiger partial charge in [-0.1, -0.05) is 42.5 Å². The average Bonchev–Trinajstić information content (AvgIpc) is 2.55. The molecule has 2 aromatic rings. The monoisotopic (exact) mass is 299 g/mol. The number of carbonyl (C=O) groups excluding carboxylic acids is 1. The van der Waals surface area contributed by atoms with Crippen LogP contribution >= 0.6 is 0 Å². The predicted molar refractivity (Wildman–Crippen MR) is 80.2 cm³/mol. The molecule has 0 aliphatic heterocycles. The van der Waals surface area contributed by atoms with Crippen LogP contribution in [0.15, 0.2) is 59.7 Å². The van der Waals surface area contributed by atoms with E-state index in [1.807, 2.05) is 0 Å². The first-order chi connectivity index (χ1) is 10.6.